The van der Waals surface area contributed by atoms with Gasteiger partial charge in [-0.25, -0.2) is 18.5 Å². The highest BCUT2D eigenvalue weighted by molar-refractivity contribution is 7.89. The summed E-state index contributed by atoms with van der Waals surface area (Å²) < 4.78 is 24.8. The Morgan fingerprint density at radius 2 is 1.88 bits per heavy atom. The third-order valence-electron chi connectivity index (χ3n) is 4.68. The quantitative estimate of drug-likeness (QED) is 0.723. The van der Waals surface area contributed by atoms with Gasteiger partial charge in [0.2, 0.25) is 10.0 Å². The van der Waals surface area contributed by atoms with Crippen LogP contribution in [-0.2, 0) is 23.6 Å². The van der Waals surface area contributed by atoms with Gasteiger partial charge in [-0.2, -0.15) is 0 Å². The second-order valence-electron chi connectivity index (χ2n) is 6.43. The average molecular weight is 393 g/mol. The molecule has 1 heterocycles. The molecule has 2 N–H and O–H groups in total. The Kier molecular flexibility index (Phi) is 5.07. The normalized spacial score (nSPS) is 13.5. The lowest BCUT2D eigenvalue weighted by Gasteiger charge is -2.25. The molecule has 1 atom stereocenters. The minimum atomic E-state index is -3.68. The third-order valence-corrected chi connectivity index (χ3v) is 5.84. The standard InChI is InChI=1S/C18H21ClN4O2S/c1-12(13-4-7-15(8-5-13)26(20,24)25)22(2)11-18-21-16-10-14(19)6-9-17(16)23(18)3/h4-10,12H,11H2,1-3H3,(H2,20,24,25). The predicted octanol–water partition coefficient (Wildman–Crippen LogP) is 3.07. The van der Waals surface area contributed by atoms with Gasteiger partial charge in [-0.15, -0.1) is 0 Å². The summed E-state index contributed by atoms with van der Waals surface area (Å²) in [5, 5.41) is 5.82. The van der Waals surface area contributed by atoms with Gasteiger partial charge in [0.15, 0.2) is 0 Å². The fourth-order valence-corrected chi connectivity index (χ4v) is 3.60. The first kappa shape index (κ1) is 18.8. The van der Waals surface area contributed by atoms with Crippen molar-refractivity contribution >= 4 is 32.7 Å². The van der Waals surface area contributed by atoms with E-state index in [4.69, 9.17) is 16.7 Å². The Bertz CT molecular complexity index is 1040. The van der Waals surface area contributed by atoms with E-state index in [9.17, 15) is 8.42 Å². The van der Waals surface area contributed by atoms with Gasteiger partial charge in [0.1, 0.15) is 5.82 Å². The lowest BCUT2D eigenvalue weighted by molar-refractivity contribution is 0.245. The number of imidazole rings is 1. The molecule has 0 amide bonds. The average Bonchev–Trinajstić information content (AvgIpc) is 2.88. The van der Waals surface area contributed by atoms with Gasteiger partial charge >= 0.3 is 0 Å². The Morgan fingerprint density at radius 3 is 2.50 bits per heavy atom. The van der Waals surface area contributed by atoms with Crippen molar-refractivity contribution in [3.05, 3.63) is 58.9 Å². The number of hydrogen-bond acceptors (Lipinski definition) is 4. The molecule has 6 nitrogen and oxygen atoms in total. The molecule has 0 spiro atoms. The largest absolute Gasteiger partial charge is 0.330 e. The molecule has 0 aliphatic heterocycles. The van der Waals surface area contributed by atoms with Crippen LogP contribution in [0.1, 0.15) is 24.4 Å². The Hall–Kier alpha value is -1.93. The second-order valence-corrected chi connectivity index (χ2v) is 8.42. The zero-order chi connectivity index (χ0) is 19.1. The molecular formula is C18H21ClN4O2S. The van der Waals surface area contributed by atoms with Crippen molar-refractivity contribution in [2.24, 2.45) is 12.2 Å². The molecule has 3 aromatic rings. The van der Waals surface area contributed by atoms with Crippen LogP contribution < -0.4 is 5.14 Å². The summed E-state index contributed by atoms with van der Waals surface area (Å²) in [5.74, 6) is 0.928. The van der Waals surface area contributed by atoms with Gasteiger partial charge in [0, 0.05) is 18.1 Å². The van der Waals surface area contributed by atoms with Crippen molar-refractivity contribution in [1.82, 2.24) is 14.5 Å². The van der Waals surface area contributed by atoms with E-state index >= 15 is 0 Å². The molecule has 3 rings (SSSR count). The zero-order valence-electron chi connectivity index (χ0n) is 14.8. The number of rotatable bonds is 5. The van der Waals surface area contributed by atoms with Crippen LogP contribution in [0, 0.1) is 0 Å². The third kappa shape index (κ3) is 3.76. The lowest BCUT2D eigenvalue weighted by Crippen LogP contribution is -2.23. The first-order chi connectivity index (χ1) is 12.2. The van der Waals surface area contributed by atoms with E-state index in [1.807, 2.05) is 32.3 Å². The van der Waals surface area contributed by atoms with Crippen LogP contribution in [-0.4, -0.2) is 29.9 Å². The number of nitrogens with zero attached hydrogens (tertiary/aromatic N) is 3. The van der Waals surface area contributed by atoms with Crippen LogP contribution in [0.5, 0.6) is 0 Å². The van der Waals surface area contributed by atoms with E-state index < -0.39 is 10.0 Å². The Labute approximate surface area is 158 Å². The summed E-state index contributed by atoms with van der Waals surface area (Å²) in [7, 11) is 0.313. The van der Waals surface area contributed by atoms with Gasteiger partial charge < -0.3 is 4.57 Å². The zero-order valence-corrected chi connectivity index (χ0v) is 16.4. The van der Waals surface area contributed by atoms with Crippen LogP contribution in [0.2, 0.25) is 5.02 Å². The number of sulfonamides is 1. The molecule has 0 fully saturated rings. The monoisotopic (exact) mass is 392 g/mol. The minimum Gasteiger partial charge on any atom is -0.330 e. The summed E-state index contributed by atoms with van der Waals surface area (Å²) in [5.41, 5.74) is 2.90. The summed E-state index contributed by atoms with van der Waals surface area (Å²) in [6.45, 7) is 2.70. The molecule has 26 heavy (non-hydrogen) atoms. The molecule has 0 aliphatic carbocycles. The highest BCUT2D eigenvalue weighted by atomic mass is 35.5. The van der Waals surface area contributed by atoms with Gasteiger partial charge in [-0.05, 0) is 49.9 Å². The maximum Gasteiger partial charge on any atom is 0.238 e. The summed E-state index contributed by atoms with van der Waals surface area (Å²) >= 11 is 6.05. The number of benzene rings is 2. The Balaban J connectivity index is 1.81. The molecule has 0 aliphatic rings. The molecule has 2 aromatic carbocycles. The van der Waals surface area contributed by atoms with Crippen LogP contribution in [0.3, 0.4) is 0 Å². The van der Waals surface area contributed by atoms with Crippen molar-refractivity contribution in [3.63, 3.8) is 0 Å². The molecule has 0 saturated heterocycles. The number of aromatic nitrogens is 2. The van der Waals surface area contributed by atoms with Gasteiger partial charge in [0.25, 0.3) is 0 Å². The van der Waals surface area contributed by atoms with Gasteiger partial charge in [-0.1, -0.05) is 23.7 Å². The highest BCUT2D eigenvalue weighted by Gasteiger charge is 2.17. The molecule has 1 aromatic heterocycles. The van der Waals surface area contributed by atoms with Crippen LogP contribution in [0.4, 0.5) is 0 Å². The second kappa shape index (κ2) is 7.00. The van der Waals surface area contributed by atoms with Crippen molar-refractivity contribution in [2.45, 2.75) is 24.4 Å². The first-order valence-corrected chi connectivity index (χ1v) is 10.0. The summed E-state index contributed by atoms with van der Waals surface area (Å²) in [6, 6.07) is 12.4. The highest BCUT2D eigenvalue weighted by Crippen LogP contribution is 2.24. The van der Waals surface area contributed by atoms with Crippen molar-refractivity contribution in [3.8, 4) is 0 Å². The van der Waals surface area contributed by atoms with Crippen LogP contribution in [0.25, 0.3) is 11.0 Å². The fraction of sp³-hybridized carbons (Fsp3) is 0.278. The van der Waals surface area contributed by atoms with E-state index in [2.05, 4.69) is 21.4 Å². The molecule has 138 valence electrons. The number of aryl methyl sites for hydroxylation is 1. The van der Waals surface area contributed by atoms with E-state index in [-0.39, 0.29) is 10.9 Å². The number of primary sulfonamides is 1. The number of fused-ring (bicyclic) bond motifs is 1. The van der Waals surface area contributed by atoms with E-state index in [1.54, 1.807) is 12.1 Å². The van der Waals surface area contributed by atoms with Crippen molar-refractivity contribution in [1.29, 1.82) is 0 Å². The first-order valence-electron chi connectivity index (χ1n) is 8.10. The molecular weight excluding hydrogens is 372 g/mol. The minimum absolute atomic E-state index is 0.0768. The Morgan fingerprint density at radius 1 is 1.23 bits per heavy atom. The van der Waals surface area contributed by atoms with E-state index in [1.165, 1.54) is 12.1 Å². The van der Waals surface area contributed by atoms with Crippen LogP contribution >= 0.6 is 11.6 Å². The van der Waals surface area contributed by atoms with E-state index in [0.29, 0.717) is 11.6 Å². The molecule has 0 bridgehead atoms. The van der Waals surface area contributed by atoms with Gasteiger partial charge in [-0.3, -0.25) is 4.90 Å². The summed E-state index contributed by atoms with van der Waals surface area (Å²) in [4.78, 5) is 6.94. The predicted molar refractivity (Wildman–Crippen MR) is 103 cm³/mol. The molecule has 8 heteroatoms. The maximum absolute atomic E-state index is 11.4. The van der Waals surface area contributed by atoms with Crippen molar-refractivity contribution < 1.29 is 8.42 Å². The molecule has 0 radical (unpaired) electrons. The number of hydrogen-bond donors (Lipinski definition) is 1. The SMILES string of the molecule is CC(c1ccc(S(N)(=O)=O)cc1)N(C)Cc1nc2cc(Cl)ccc2n1C. The number of halogens is 1. The summed E-state index contributed by atoms with van der Waals surface area (Å²) in [6.07, 6.45) is 0. The van der Waals surface area contributed by atoms with Crippen LogP contribution in [0.15, 0.2) is 47.4 Å². The fourth-order valence-electron chi connectivity index (χ4n) is 2.91. The van der Waals surface area contributed by atoms with E-state index in [0.717, 1.165) is 22.4 Å². The number of nitrogens with two attached hydrogens (primary N) is 1. The molecule has 1 unspecified atom stereocenters. The molecule has 0 saturated carbocycles. The lowest BCUT2D eigenvalue weighted by atomic mass is 10.1. The maximum atomic E-state index is 11.4. The van der Waals surface area contributed by atoms with Gasteiger partial charge in [0.05, 0.1) is 22.5 Å². The smallest absolute Gasteiger partial charge is 0.238 e. The van der Waals surface area contributed by atoms with Crippen molar-refractivity contribution in [2.75, 3.05) is 7.05 Å². The topological polar surface area (TPSA) is 81.2 Å².